The monoisotopic (exact) mass is 283 g/mol. The van der Waals surface area contributed by atoms with Gasteiger partial charge in [0.15, 0.2) is 5.82 Å². The standard InChI is InChI=1S/C17H21N3O/c1-11-5-7-12(8-6-11)9-15-19-17(21-20-15)16-14-4-2-3-13(14)10-18-16/h5-8,13-14,16,18H,2-4,9-10H2,1H3. The van der Waals surface area contributed by atoms with Crippen molar-refractivity contribution in [3.63, 3.8) is 0 Å². The van der Waals surface area contributed by atoms with Gasteiger partial charge in [-0.05, 0) is 43.7 Å². The zero-order valence-electron chi connectivity index (χ0n) is 12.4. The van der Waals surface area contributed by atoms with E-state index in [1.165, 1.54) is 30.4 Å². The Kier molecular flexibility index (Phi) is 3.26. The molecule has 3 atom stereocenters. The van der Waals surface area contributed by atoms with E-state index < -0.39 is 0 Å². The summed E-state index contributed by atoms with van der Waals surface area (Å²) in [6, 6.07) is 8.78. The van der Waals surface area contributed by atoms with E-state index in [2.05, 4.69) is 46.6 Å². The van der Waals surface area contributed by atoms with Crippen LogP contribution in [0.3, 0.4) is 0 Å². The van der Waals surface area contributed by atoms with E-state index in [1.807, 2.05) is 0 Å². The first-order valence-electron chi connectivity index (χ1n) is 7.91. The van der Waals surface area contributed by atoms with Crippen molar-refractivity contribution >= 4 is 0 Å². The Hall–Kier alpha value is -1.68. The van der Waals surface area contributed by atoms with Crippen molar-refractivity contribution in [3.8, 4) is 0 Å². The second-order valence-electron chi connectivity index (χ2n) is 6.45. The van der Waals surface area contributed by atoms with Crippen molar-refractivity contribution in [2.24, 2.45) is 11.8 Å². The molecule has 1 saturated carbocycles. The zero-order valence-corrected chi connectivity index (χ0v) is 12.4. The quantitative estimate of drug-likeness (QED) is 0.940. The average Bonchev–Trinajstić information content (AvgIpc) is 3.17. The van der Waals surface area contributed by atoms with Crippen LogP contribution in [0.25, 0.3) is 0 Å². The van der Waals surface area contributed by atoms with Crippen molar-refractivity contribution in [2.45, 2.75) is 38.6 Å². The van der Waals surface area contributed by atoms with E-state index in [1.54, 1.807) is 0 Å². The predicted octanol–water partition coefficient (Wildman–Crippen LogP) is 3.03. The maximum atomic E-state index is 5.53. The van der Waals surface area contributed by atoms with E-state index in [-0.39, 0.29) is 6.04 Å². The number of fused-ring (bicyclic) bond motifs is 1. The molecule has 4 nitrogen and oxygen atoms in total. The Bertz CT molecular complexity index is 619. The number of aryl methyl sites for hydroxylation is 1. The molecule has 1 aromatic heterocycles. The van der Waals surface area contributed by atoms with Gasteiger partial charge in [-0.1, -0.05) is 41.4 Å². The van der Waals surface area contributed by atoms with Gasteiger partial charge in [0.1, 0.15) is 0 Å². The Balaban J connectivity index is 1.49. The van der Waals surface area contributed by atoms with Crippen molar-refractivity contribution in [1.29, 1.82) is 0 Å². The molecule has 1 N–H and O–H groups in total. The number of aromatic nitrogens is 2. The SMILES string of the molecule is Cc1ccc(Cc2noc(C3NCC4CCCC43)n2)cc1. The summed E-state index contributed by atoms with van der Waals surface area (Å²) in [5, 5.41) is 7.73. The number of nitrogens with one attached hydrogen (secondary N) is 1. The fraction of sp³-hybridized carbons (Fsp3) is 0.529. The fourth-order valence-electron chi connectivity index (χ4n) is 3.81. The van der Waals surface area contributed by atoms with E-state index in [4.69, 9.17) is 4.52 Å². The minimum atomic E-state index is 0.275. The van der Waals surface area contributed by atoms with Crippen LogP contribution in [0, 0.1) is 18.8 Å². The van der Waals surface area contributed by atoms with E-state index >= 15 is 0 Å². The number of benzene rings is 1. The molecule has 4 heteroatoms. The Labute approximate surface area is 124 Å². The minimum Gasteiger partial charge on any atom is -0.338 e. The third-order valence-electron chi connectivity index (χ3n) is 4.98. The largest absolute Gasteiger partial charge is 0.338 e. The molecule has 2 heterocycles. The Morgan fingerprint density at radius 1 is 1.24 bits per heavy atom. The molecule has 0 bridgehead atoms. The smallest absolute Gasteiger partial charge is 0.244 e. The van der Waals surface area contributed by atoms with Gasteiger partial charge in [0.2, 0.25) is 5.89 Å². The predicted molar refractivity (Wildman–Crippen MR) is 79.9 cm³/mol. The summed E-state index contributed by atoms with van der Waals surface area (Å²) in [5.74, 6) is 3.07. The summed E-state index contributed by atoms with van der Waals surface area (Å²) >= 11 is 0. The molecule has 2 aliphatic rings. The summed E-state index contributed by atoms with van der Waals surface area (Å²) in [6.45, 7) is 3.20. The Morgan fingerprint density at radius 3 is 2.95 bits per heavy atom. The highest BCUT2D eigenvalue weighted by Crippen LogP contribution is 2.43. The lowest BCUT2D eigenvalue weighted by Crippen LogP contribution is -2.18. The summed E-state index contributed by atoms with van der Waals surface area (Å²) in [6.07, 6.45) is 4.72. The molecule has 1 aliphatic heterocycles. The molecule has 1 saturated heterocycles. The van der Waals surface area contributed by atoms with Crippen LogP contribution in [0.2, 0.25) is 0 Å². The van der Waals surface area contributed by atoms with Gasteiger partial charge in [0.25, 0.3) is 0 Å². The van der Waals surface area contributed by atoms with E-state index in [0.717, 1.165) is 30.6 Å². The van der Waals surface area contributed by atoms with Crippen LogP contribution >= 0.6 is 0 Å². The second kappa shape index (κ2) is 5.26. The van der Waals surface area contributed by atoms with Crippen LogP contribution in [-0.2, 0) is 6.42 Å². The summed E-state index contributed by atoms with van der Waals surface area (Å²) in [7, 11) is 0. The highest BCUT2D eigenvalue weighted by atomic mass is 16.5. The third kappa shape index (κ3) is 2.48. The topological polar surface area (TPSA) is 51.0 Å². The van der Waals surface area contributed by atoms with Crippen LogP contribution in [-0.4, -0.2) is 16.7 Å². The molecule has 0 spiro atoms. The van der Waals surface area contributed by atoms with Gasteiger partial charge in [-0.2, -0.15) is 4.98 Å². The molecule has 0 amide bonds. The fourth-order valence-corrected chi connectivity index (χ4v) is 3.81. The molecule has 1 aliphatic carbocycles. The van der Waals surface area contributed by atoms with Gasteiger partial charge in [-0.25, -0.2) is 0 Å². The molecule has 3 unspecified atom stereocenters. The lowest BCUT2D eigenvalue weighted by molar-refractivity contribution is 0.301. The van der Waals surface area contributed by atoms with Gasteiger partial charge < -0.3 is 9.84 Å². The van der Waals surface area contributed by atoms with E-state index in [9.17, 15) is 0 Å². The zero-order chi connectivity index (χ0) is 14.2. The van der Waals surface area contributed by atoms with Gasteiger partial charge >= 0.3 is 0 Å². The molecular formula is C17H21N3O. The van der Waals surface area contributed by atoms with Gasteiger partial charge in [0.05, 0.1) is 6.04 Å². The van der Waals surface area contributed by atoms with Crippen LogP contribution in [0.15, 0.2) is 28.8 Å². The normalized spacial score (nSPS) is 28.0. The molecule has 2 aromatic rings. The third-order valence-corrected chi connectivity index (χ3v) is 4.98. The highest BCUT2D eigenvalue weighted by molar-refractivity contribution is 5.23. The molecule has 2 fully saturated rings. The minimum absolute atomic E-state index is 0.275. The van der Waals surface area contributed by atoms with Crippen molar-refractivity contribution in [1.82, 2.24) is 15.5 Å². The number of nitrogens with zero attached hydrogens (tertiary/aromatic N) is 2. The first-order valence-corrected chi connectivity index (χ1v) is 7.91. The van der Waals surface area contributed by atoms with Crippen LogP contribution in [0.1, 0.15) is 48.1 Å². The van der Waals surface area contributed by atoms with Gasteiger partial charge in [0, 0.05) is 6.42 Å². The van der Waals surface area contributed by atoms with E-state index in [0.29, 0.717) is 5.92 Å². The molecule has 0 radical (unpaired) electrons. The molecule has 1 aromatic carbocycles. The lowest BCUT2D eigenvalue weighted by Gasteiger charge is -2.13. The van der Waals surface area contributed by atoms with Crippen molar-refractivity contribution in [3.05, 3.63) is 47.1 Å². The van der Waals surface area contributed by atoms with Crippen molar-refractivity contribution in [2.75, 3.05) is 6.54 Å². The molecule has 110 valence electrons. The van der Waals surface area contributed by atoms with Crippen LogP contribution < -0.4 is 5.32 Å². The average molecular weight is 283 g/mol. The maximum Gasteiger partial charge on any atom is 0.244 e. The Morgan fingerprint density at radius 2 is 2.10 bits per heavy atom. The van der Waals surface area contributed by atoms with Crippen LogP contribution in [0.4, 0.5) is 0 Å². The van der Waals surface area contributed by atoms with Gasteiger partial charge in [-0.3, -0.25) is 0 Å². The summed E-state index contributed by atoms with van der Waals surface area (Å²) in [5.41, 5.74) is 2.50. The number of hydrogen-bond acceptors (Lipinski definition) is 4. The number of rotatable bonds is 3. The first-order chi connectivity index (χ1) is 10.3. The second-order valence-corrected chi connectivity index (χ2v) is 6.45. The molecule has 4 rings (SSSR count). The molecular weight excluding hydrogens is 262 g/mol. The first kappa shape index (κ1) is 13.0. The van der Waals surface area contributed by atoms with Gasteiger partial charge in [-0.15, -0.1) is 0 Å². The highest BCUT2D eigenvalue weighted by Gasteiger charge is 2.42. The van der Waals surface area contributed by atoms with Crippen LogP contribution in [0.5, 0.6) is 0 Å². The summed E-state index contributed by atoms with van der Waals surface area (Å²) in [4.78, 5) is 4.63. The van der Waals surface area contributed by atoms with Crippen molar-refractivity contribution < 1.29 is 4.52 Å². The lowest BCUT2D eigenvalue weighted by atomic mass is 9.94. The number of hydrogen-bond donors (Lipinski definition) is 1. The maximum absolute atomic E-state index is 5.53. The molecule has 21 heavy (non-hydrogen) atoms. The summed E-state index contributed by atoms with van der Waals surface area (Å²) < 4.78 is 5.53.